The number of anilines is 2. The van der Waals surface area contributed by atoms with E-state index in [9.17, 15) is 14.7 Å². The molecule has 5 aromatic rings. The number of para-hydroxylation sites is 1. The zero-order valence-corrected chi connectivity index (χ0v) is 26.4. The van der Waals surface area contributed by atoms with Gasteiger partial charge in [0.15, 0.2) is 10.8 Å². The van der Waals surface area contributed by atoms with Gasteiger partial charge in [0.1, 0.15) is 5.82 Å². The van der Waals surface area contributed by atoms with Gasteiger partial charge in [-0.2, -0.15) is 5.10 Å². The molecule has 2 aromatic carbocycles. The van der Waals surface area contributed by atoms with Gasteiger partial charge in [-0.25, -0.2) is 14.8 Å². The number of fused-ring (bicyclic) bond motifs is 2. The summed E-state index contributed by atoms with van der Waals surface area (Å²) in [4.78, 5) is 37.3. The minimum absolute atomic E-state index is 0.00619. The first kappa shape index (κ1) is 29.2. The largest absolute Gasteiger partial charge is 0.476 e. The lowest BCUT2D eigenvalue weighted by atomic mass is 9.76. The molecule has 1 aliphatic carbocycles. The number of nitrogens with zero attached hydrogens (tertiary/aromatic N) is 5. The summed E-state index contributed by atoms with van der Waals surface area (Å²) in [5.74, 6) is -0.716. The Labute approximate surface area is 265 Å². The number of hydrogen-bond acceptors (Lipinski definition) is 7. The van der Waals surface area contributed by atoms with Gasteiger partial charge in [0.05, 0.1) is 16.4 Å². The van der Waals surface area contributed by atoms with E-state index < -0.39 is 5.97 Å². The van der Waals surface area contributed by atoms with Crippen molar-refractivity contribution in [3.05, 3.63) is 88.9 Å². The molecule has 9 nitrogen and oxygen atoms in total. The van der Waals surface area contributed by atoms with Crippen molar-refractivity contribution in [2.75, 3.05) is 16.8 Å². The topological polar surface area (TPSA) is 113 Å². The molecule has 3 aromatic heterocycles. The van der Waals surface area contributed by atoms with E-state index in [0.717, 1.165) is 39.1 Å². The monoisotopic (exact) mass is 620 g/mol. The highest BCUT2D eigenvalue weighted by Gasteiger charge is 2.30. The van der Waals surface area contributed by atoms with Crippen LogP contribution >= 0.6 is 11.3 Å². The van der Waals surface area contributed by atoms with Gasteiger partial charge in [-0.05, 0) is 73.1 Å². The second-order valence-electron chi connectivity index (χ2n) is 12.6. The predicted octanol–water partition coefficient (Wildman–Crippen LogP) is 7.35. The molecule has 2 aliphatic rings. The van der Waals surface area contributed by atoms with Crippen LogP contribution in [-0.2, 0) is 19.5 Å². The number of rotatable bonds is 7. The average Bonchev–Trinajstić information content (AvgIpc) is 3.62. The van der Waals surface area contributed by atoms with E-state index >= 15 is 0 Å². The highest BCUT2D eigenvalue weighted by molar-refractivity contribution is 7.22. The normalized spacial score (nSPS) is 16.0. The molecule has 0 spiro atoms. The fourth-order valence-electron chi connectivity index (χ4n) is 6.88. The predicted molar refractivity (Wildman–Crippen MR) is 177 cm³/mol. The summed E-state index contributed by atoms with van der Waals surface area (Å²) in [6.45, 7) is 6.28. The molecule has 4 heterocycles. The molecule has 2 N–H and O–H groups in total. The van der Waals surface area contributed by atoms with E-state index in [0.29, 0.717) is 41.6 Å². The van der Waals surface area contributed by atoms with Crippen molar-refractivity contribution >= 4 is 44.4 Å². The highest BCUT2D eigenvalue weighted by atomic mass is 32.1. The van der Waals surface area contributed by atoms with Gasteiger partial charge in [-0.1, -0.05) is 61.8 Å². The van der Waals surface area contributed by atoms with Crippen molar-refractivity contribution in [2.24, 2.45) is 5.41 Å². The van der Waals surface area contributed by atoms with Crippen LogP contribution < -0.4 is 10.2 Å². The van der Waals surface area contributed by atoms with Crippen molar-refractivity contribution < 1.29 is 14.7 Å². The zero-order valence-electron chi connectivity index (χ0n) is 25.5. The third-order valence-corrected chi connectivity index (χ3v) is 10.4. The van der Waals surface area contributed by atoms with Gasteiger partial charge in [-0.15, -0.1) is 0 Å². The molecular formula is C35H36N6O3S. The smallest absolute Gasteiger partial charge is 0.355 e. The third-order valence-electron chi connectivity index (χ3n) is 9.42. The maximum absolute atomic E-state index is 13.5. The molecule has 1 aliphatic heterocycles. The first-order valence-electron chi connectivity index (χ1n) is 15.6. The molecule has 1 saturated carbocycles. The Hall–Kier alpha value is -4.57. The van der Waals surface area contributed by atoms with Crippen molar-refractivity contribution in [1.82, 2.24) is 19.7 Å². The number of thiazole rings is 1. The van der Waals surface area contributed by atoms with E-state index in [-0.39, 0.29) is 17.0 Å². The Kier molecular flexibility index (Phi) is 7.61. The molecule has 230 valence electrons. The van der Waals surface area contributed by atoms with Crippen molar-refractivity contribution in [3.63, 3.8) is 0 Å². The summed E-state index contributed by atoms with van der Waals surface area (Å²) in [6, 6.07) is 17.3. The number of carboxylic acid groups (broad SMARTS) is 1. The number of aromatic nitrogens is 4. The summed E-state index contributed by atoms with van der Waals surface area (Å²) >= 11 is 1.44. The molecule has 7 rings (SSSR count). The summed E-state index contributed by atoms with van der Waals surface area (Å²) in [7, 11) is 0. The molecule has 0 unspecified atom stereocenters. The minimum atomic E-state index is -1.08. The van der Waals surface area contributed by atoms with Crippen LogP contribution in [0.4, 0.5) is 10.9 Å². The summed E-state index contributed by atoms with van der Waals surface area (Å²) in [6.07, 6.45) is 8.64. The molecule has 1 amide bonds. The first-order valence-corrected chi connectivity index (χ1v) is 16.4. The van der Waals surface area contributed by atoms with E-state index in [1.165, 1.54) is 43.4 Å². The van der Waals surface area contributed by atoms with Crippen LogP contribution in [0.1, 0.15) is 76.7 Å². The van der Waals surface area contributed by atoms with Gasteiger partial charge in [0.25, 0.3) is 5.91 Å². The van der Waals surface area contributed by atoms with Crippen LogP contribution in [0, 0.1) is 12.3 Å². The third kappa shape index (κ3) is 5.70. The number of carbonyl (C=O) groups excluding carboxylic acids is 1. The van der Waals surface area contributed by atoms with Gasteiger partial charge < -0.3 is 10.0 Å². The number of nitrogens with one attached hydrogen (secondary N) is 1. The number of carboxylic acids is 1. The summed E-state index contributed by atoms with van der Waals surface area (Å²) in [5.41, 5.74) is 5.98. The molecule has 10 heteroatoms. The second kappa shape index (κ2) is 11.7. The molecule has 0 saturated heterocycles. The Bertz CT molecular complexity index is 1890. The molecular weight excluding hydrogens is 584 g/mol. The van der Waals surface area contributed by atoms with Crippen LogP contribution in [-0.4, -0.2) is 43.3 Å². The van der Waals surface area contributed by atoms with Crippen LogP contribution in [0.3, 0.4) is 0 Å². The Morgan fingerprint density at radius 2 is 1.82 bits per heavy atom. The Balaban J connectivity index is 1.14. The Morgan fingerprint density at radius 1 is 1.00 bits per heavy atom. The van der Waals surface area contributed by atoms with Gasteiger partial charge >= 0.3 is 5.97 Å². The number of aromatic carboxylic acids is 1. The van der Waals surface area contributed by atoms with Gasteiger partial charge in [0.2, 0.25) is 0 Å². The maximum atomic E-state index is 13.5. The SMILES string of the molecule is Cc1c(-c2ccc(N3CCc4cccc(C(=O)Nc5nc6ccccc6s5)c4C3)nc2C(=O)O)cnn1CC1(C)CCCCC1. The number of benzene rings is 2. The van der Waals surface area contributed by atoms with Crippen molar-refractivity contribution in [2.45, 2.75) is 65.5 Å². The van der Waals surface area contributed by atoms with Gasteiger partial charge in [0, 0.05) is 42.0 Å². The molecule has 1 fully saturated rings. The van der Waals surface area contributed by atoms with E-state index in [4.69, 9.17) is 0 Å². The lowest BCUT2D eigenvalue weighted by Crippen LogP contribution is -2.33. The molecule has 45 heavy (non-hydrogen) atoms. The minimum Gasteiger partial charge on any atom is -0.476 e. The van der Waals surface area contributed by atoms with Crippen LogP contribution in [0.2, 0.25) is 0 Å². The van der Waals surface area contributed by atoms with Crippen LogP contribution in [0.15, 0.2) is 60.8 Å². The zero-order chi connectivity index (χ0) is 31.1. The average molecular weight is 621 g/mol. The molecule has 0 radical (unpaired) electrons. The Morgan fingerprint density at radius 3 is 2.62 bits per heavy atom. The fraction of sp³-hybridized carbons (Fsp3) is 0.343. The maximum Gasteiger partial charge on any atom is 0.355 e. The van der Waals surface area contributed by atoms with E-state index in [2.05, 4.69) is 33.4 Å². The van der Waals surface area contributed by atoms with E-state index in [1.54, 1.807) is 6.20 Å². The summed E-state index contributed by atoms with van der Waals surface area (Å²) in [5, 5.41) is 18.5. The van der Waals surface area contributed by atoms with Crippen LogP contribution in [0.25, 0.3) is 21.3 Å². The molecule has 0 atom stereocenters. The van der Waals surface area contributed by atoms with Crippen molar-refractivity contribution in [1.29, 1.82) is 0 Å². The van der Waals surface area contributed by atoms with E-state index in [1.807, 2.05) is 65.0 Å². The van der Waals surface area contributed by atoms with Gasteiger partial charge in [-0.3, -0.25) is 14.8 Å². The van der Waals surface area contributed by atoms with Crippen molar-refractivity contribution in [3.8, 4) is 11.1 Å². The number of carbonyl (C=O) groups is 2. The standard InChI is InChI=1S/C35H36N6O3S/c1-22-26(19-36-41(22)21-35(2)16-6-3-7-17-35)24-13-14-30(38-31(24)33(43)44)40-18-15-23-9-8-10-25(27(23)20-40)32(42)39-34-37-28-11-4-5-12-29(28)45-34/h4-5,8-14,19H,3,6-7,15-18,20-21H2,1-2H3,(H,43,44)(H,37,39,42). The molecule has 0 bridgehead atoms. The highest BCUT2D eigenvalue weighted by Crippen LogP contribution is 2.38. The van der Waals surface area contributed by atoms with Crippen LogP contribution in [0.5, 0.6) is 0 Å². The number of hydrogen-bond donors (Lipinski definition) is 2. The summed E-state index contributed by atoms with van der Waals surface area (Å²) < 4.78 is 3.04. The lowest BCUT2D eigenvalue weighted by Gasteiger charge is -2.33. The second-order valence-corrected chi connectivity index (χ2v) is 13.6. The lowest BCUT2D eigenvalue weighted by molar-refractivity contribution is 0.0691. The number of amides is 1. The fourth-order valence-corrected chi connectivity index (χ4v) is 7.74. The first-order chi connectivity index (χ1) is 21.8. The quantitative estimate of drug-likeness (QED) is 0.196. The number of pyridine rings is 1.